The van der Waals surface area contributed by atoms with Gasteiger partial charge >= 0.3 is 0 Å². The van der Waals surface area contributed by atoms with Crippen molar-refractivity contribution in [2.24, 2.45) is 9.98 Å². The molecule has 48 heavy (non-hydrogen) atoms. The fourth-order valence-corrected chi connectivity index (χ4v) is 7.24. The smallest absolute Gasteiger partial charge is 0.0765 e. The summed E-state index contributed by atoms with van der Waals surface area (Å²) < 4.78 is 0. The first-order chi connectivity index (χ1) is 23.8. The van der Waals surface area contributed by atoms with Crippen LogP contribution in [0.5, 0.6) is 0 Å². The lowest BCUT2D eigenvalue weighted by atomic mass is 9.98. The molecule has 0 heterocycles. The van der Waals surface area contributed by atoms with Crippen molar-refractivity contribution in [2.75, 3.05) is 11.5 Å². The maximum absolute atomic E-state index is 4.89. The topological polar surface area (TPSA) is 24.7 Å². The van der Waals surface area contributed by atoms with Crippen molar-refractivity contribution in [3.63, 3.8) is 0 Å². The van der Waals surface area contributed by atoms with Crippen molar-refractivity contribution in [1.29, 1.82) is 0 Å². The zero-order chi connectivity index (χ0) is 32.6. The largest absolute Gasteiger partial charge is 0.256 e. The van der Waals surface area contributed by atoms with Crippen molar-refractivity contribution in [1.82, 2.24) is 0 Å². The lowest BCUT2D eigenvalue weighted by Crippen LogP contribution is -1.88. The van der Waals surface area contributed by atoms with E-state index < -0.39 is 0 Å². The molecule has 0 unspecified atom stereocenters. The Hall–Kier alpha value is -5.16. The molecule has 6 aromatic carbocycles. The number of hydrogen-bond donors (Lipinski definition) is 0. The van der Waals surface area contributed by atoms with Crippen molar-refractivity contribution in [3.8, 4) is 0 Å². The summed E-state index contributed by atoms with van der Waals surface area (Å²) in [5.74, 6) is 1.91. The van der Waals surface area contributed by atoms with Gasteiger partial charge in [-0.15, -0.1) is 23.5 Å². The summed E-state index contributed by atoms with van der Waals surface area (Å²) in [5.41, 5.74) is 8.94. The Morgan fingerprint density at radius 2 is 0.667 bits per heavy atom. The molecular weight excluding hydrogens is 621 g/mol. The van der Waals surface area contributed by atoms with E-state index >= 15 is 0 Å². The maximum atomic E-state index is 4.89. The van der Waals surface area contributed by atoms with Gasteiger partial charge in [0.1, 0.15) is 0 Å². The summed E-state index contributed by atoms with van der Waals surface area (Å²) in [7, 11) is 0. The van der Waals surface area contributed by atoms with E-state index in [0.717, 1.165) is 34.0 Å². The molecule has 0 atom stereocenters. The molecule has 0 aromatic heterocycles. The summed E-state index contributed by atoms with van der Waals surface area (Å²) in [4.78, 5) is 12.1. The van der Waals surface area contributed by atoms with Gasteiger partial charge in [-0.05, 0) is 69.8 Å². The minimum absolute atomic E-state index is 0.955. The molecule has 0 saturated carbocycles. The highest BCUT2D eigenvalue weighted by Gasteiger charge is 2.07. The highest BCUT2D eigenvalue weighted by Crippen LogP contribution is 2.34. The van der Waals surface area contributed by atoms with Gasteiger partial charge in [0.05, 0.1) is 11.4 Å². The predicted octanol–water partition coefficient (Wildman–Crippen LogP) is 12.2. The summed E-state index contributed by atoms with van der Waals surface area (Å²) in [6.07, 6.45) is 8.06. The molecule has 6 aromatic rings. The van der Waals surface area contributed by atoms with Crippen LogP contribution in [0.4, 0.5) is 11.4 Å². The Kier molecular flexibility index (Phi) is 12.1. The van der Waals surface area contributed by atoms with E-state index in [1.807, 2.05) is 72.4 Å². The summed E-state index contributed by atoms with van der Waals surface area (Å²) in [6, 6.07) is 58.6. The number of benzene rings is 6. The number of thioether (sulfide) groups is 2. The molecule has 0 N–H and O–H groups in total. The molecule has 0 aliphatic heterocycles. The van der Waals surface area contributed by atoms with Crippen LogP contribution in [0.1, 0.15) is 22.3 Å². The van der Waals surface area contributed by atoms with Crippen LogP contribution < -0.4 is 0 Å². The Morgan fingerprint density at radius 1 is 0.375 bits per heavy atom. The fourth-order valence-electron chi connectivity index (χ4n) is 5.25. The van der Waals surface area contributed by atoms with Gasteiger partial charge in [0.15, 0.2) is 0 Å². The molecule has 0 aliphatic rings. The van der Waals surface area contributed by atoms with Crippen LogP contribution in [0.25, 0.3) is 11.1 Å². The van der Waals surface area contributed by atoms with E-state index in [1.165, 1.54) is 32.0 Å². The molecule has 2 nitrogen and oxygen atoms in total. The van der Waals surface area contributed by atoms with Gasteiger partial charge in [0, 0.05) is 33.7 Å². The number of nitrogens with zero attached hydrogens (tertiary/aromatic N) is 2. The average molecular weight is 657 g/mol. The molecule has 4 heteroatoms. The van der Waals surface area contributed by atoms with Crippen LogP contribution in [0, 0.1) is 0 Å². The van der Waals surface area contributed by atoms with Gasteiger partial charge in [-0.2, -0.15) is 0 Å². The van der Waals surface area contributed by atoms with Gasteiger partial charge in [-0.1, -0.05) is 146 Å². The van der Waals surface area contributed by atoms with Gasteiger partial charge < -0.3 is 0 Å². The van der Waals surface area contributed by atoms with Crippen LogP contribution in [0.15, 0.2) is 202 Å². The summed E-state index contributed by atoms with van der Waals surface area (Å²) >= 11 is 3.68. The van der Waals surface area contributed by atoms with Crippen molar-refractivity contribution < 1.29 is 0 Å². The van der Waals surface area contributed by atoms with Crippen molar-refractivity contribution in [2.45, 2.75) is 9.79 Å². The number of allylic oxidation sites excluding steroid dienone is 2. The van der Waals surface area contributed by atoms with Gasteiger partial charge in [-0.25, -0.2) is 0 Å². The van der Waals surface area contributed by atoms with Gasteiger partial charge in [0.25, 0.3) is 0 Å². The van der Waals surface area contributed by atoms with E-state index in [9.17, 15) is 0 Å². The number of rotatable bonds is 13. The fraction of sp³-hybridized carbons (Fsp3) is 0.0455. The minimum atomic E-state index is 0.955. The standard InChI is InChI=1S/C44H36N2S2/c1-5-17-35(18-6-1)39(36-19-7-2-8-20-36)29-31-45-41-25-13-15-27-43(41)47-33-34-48-44-28-16-14-26-42(44)46-32-30-40(37-21-9-3-10-22-37)38-23-11-4-12-24-38/h1-32H,33-34H2. The van der Waals surface area contributed by atoms with Crippen molar-refractivity contribution in [3.05, 3.63) is 204 Å². The second kappa shape index (κ2) is 17.7. The van der Waals surface area contributed by atoms with Gasteiger partial charge in [0.2, 0.25) is 0 Å². The molecule has 0 saturated heterocycles. The summed E-state index contributed by atoms with van der Waals surface area (Å²) in [5, 5.41) is 0. The van der Waals surface area contributed by atoms with Crippen LogP contribution in [-0.4, -0.2) is 23.9 Å². The first-order valence-electron chi connectivity index (χ1n) is 16.0. The lowest BCUT2D eigenvalue weighted by Gasteiger charge is -2.08. The van der Waals surface area contributed by atoms with Crippen LogP contribution in [0.3, 0.4) is 0 Å². The molecule has 0 fully saturated rings. The number of para-hydroxylation sites is 2. The van der Waals surface area contributed by atoms with Crippen LogP contribution in [0.2, 0.25) is 0 Å². The monoisotopic (exact) mass is 656 g/mol. The third kappa shape index (κ3) is 9.22. The normalized spacial score (nSPS) is 11.1. The second-order valence-electron chi connectivity index (χ2n) is 10.8. The maximum Gasteiger partial charge on any atom is 0.0765 e. The Labute approximate surface area is 292 Å². The SMILES string of the molecule is C(C=C(c1ccccc1)c1ccccc1)=Nc1ccccc1SCCSc1ccccc1N=CC=C(c1ccccc1)c1ccccc1. The third-order valence-electron chi connectivity index (χ3n) is 7.58. The van der Waals surface area contributed by atoms with Crippen LogP contribution >= 0.6 is 23.5 Å². The summed E-state index contributed by atoms with van der Waals surface area (Å²) in [6.45, 7) is 0. The van der Waals surface area contributed by atoms with Crippen molar-refractivity contribution >= 4 is 58.5 Å². The van der Waals surface area contributed by atoms with E-state index in [-0.39, 0.29) is 0 Å². The lowest BCUT2D eigenvalue weighted by molar-refractivity contribution is 1.36. The zero-order valence-corrected chi connectivity index (χ0v) is 28.2. The molecule has 0 amide bonds. The van der Waals surface area contributed by atoms with Gasteiger partial charge in [-0.3, -0.25) is 9.98 Å². The first-order valence-corrected chi connectivity index (χ1v) is 18.0. The first kappa shape index (κ1) is 32.8. The molecule has 0 spiro atoms. The predicted molar refractivity (Wildman–Crippen MR) is 211 cm³/mol. The molecule has 6 rings (SSSR count). The Balaban J connectivity index is 1.11. The molecule has 0 bridgehead atoms. The van der Waals surface area contributed by atoms with E-state index in [2.05, 4.69) is 146 Å². The number of hydrogen-bond acceptors (Lipinski definition) is 4. The second-order valence-corrected chi connectivity index (χ2v) is 13.1. The Morgan fingerprint density at radius 3 is 1.00 bits per heavy atom. The van der Waals surface area contributed by atoms with E-state index in [4.69, 9.17) is 9.98 Å². The van der Waals surface area contributed by atoms with E-state index in [1.54, 1.807) is 0 Å². The third-order valence-corrected chi connectivity index (χ3v) is 9.97. The molecule has 0 aliphatic carbocycles. The Bertz CT molecular complexity index is 1770. The highest BCUT2D eigenvalue weighted by atomic mass is 32.2. The van der Waals surface area contributed by atoms with Crippen LogP contribution in [-0.2, 0) is 0 Å². The number of aliphatic imine (C=N–C) groups is 2. The van der Waals surface area contributed by atoms with E-state index in [0.29, 0.717) is 0 Å². The molecule has 234 valence electrons. The molecule has 0 radical (unpaired) electrons. The average Bonchev–Trinajstić information content (AvgIpc) is 3.16. The quantitative estimate of drug-likeness (QED) is 0.0702. The zero-order valence-electron chi connectivity index (χ0n) is 26.6. The highest BCUT2D eigenvalue weighted by molar-refractivity contribution is 8.03. The minimum Gasteiger partial charge on any atom is -0.256 e. The molecular formula is C44H36N2S2.